The summed E-state index contributed by atoms with van der Waals surface area (Å²) in [6, 6.07) is 9.50. The van der Waals surface area contributed by atoms with E-state index in [1.54, 1.807) is 31.4 Å². The molecule has 0 aliphatic carbocycles. The van der Waals surface area contributed by atoms with Crippen LogP contribution in [0.5, 0.6) is 11.6 Å². The topological polar surface area (TPSA) is 84.6 Å². The van der Waals surface area contributed by atoms with Crippen molar-refractivity contribution in [3.63, 3.8) is 0 Å². The zero-order valence-corrected chi connectivity index (χ0v) is 20.1. The van der Waals surface area contributed by atoms with Crippen LogP contribution in [0.4, 0.5) is 4.39 Å². The molecule has 0 atom stereocenters. The van der Waals surface area contributed by atoms with Crippen molar-refractivity contribution in [2.45, 2.75) is 39.8 Å². The van der Waals surface area contributed by atoms with Gasteiger partial charge in [-0.15, -0.1) is 24.0 Å². The smallest absolute Gasteiger partial charge is 0.219 e. The fraction of sp³-hybridized carbons (Fsp3) is 0.318. The summed E-state index contributed by atoms with van der Waals surface area (Å²) in [6.45, 7) is 5.25. The minimum Gasteiger partial charge on any atom is -0.439 e. The van der Waals surface area contributed by atoms with Gasteiger partial charge >= 0.3 is 0 Å². The van der Waals surface area contributed by atoms with Crippen LogP contribution in [-0.2, 0) is 25.9 Å². The zero-order chi connectivity index (χ0) is 21.3. The Balaban J connectivity index is 0.00000341. The molecule has 0 radical (unpaired) electrons. The average molecular weight is 539 g/mol. The summed E-state index contributed by atoms with van der Waals surface area (Å²) in [5.41, 5.74) is 3.03. The molecular formula is C22H27FIN5O2. The summed E-state index contributed by atoms with van der Waals surface area (Å²) in [5.74, 6) is 2.24. The number of nitrogens with zero attached hydrogens (tertiary/aromatic N) is 3. The van der Waals surface area contributed by atoms with Gasteiger partial charge in [0.15, 0.2) is 5.96 Å². The van der Waals surface area contributed by atoms with Gasteiger partial charge in [-0.05, 0) is 36.2 Å². The molecule has 3 rings (SSSR count). The van der Waals surface area contributed by atoms with Gasteiger partial charge in [-0.1, -0.05) is 25.1 Å². The minimum absolute atomic E-state index is 0. The first-order valence-electron chi connectivity index (χ1n) is 9.92. The van der Waals surface area contributed by atoms with Gasteiger partial charge in [0, 0.05) is 44.4 Å². The molecule has 3 aromatic rings. The molecule has 0 fully saturated rings. The monoisotopic (exact) mass is 539 g/mol. The molecule has 166 valence electrons. The Labute approximate surface area is 198 Å². The van der Waals surface area contributed by atoms with Crippen LogP contribution >= 0.6 is 24.0 Å². The summed E-state index contributed by atoms with van der Waals surface area (Å²) >= 11 is 0. The van der Waals surface area contributed by atoms with Gasteiger partial charge in [0.05, 0.1) is 5.69 Å². The Morgan fingerprint density at radius 1 is 1.06 bits per heavy atom. The van der Waals surface area contributed by atoms with E-state index in [1.165, 1.54) is 12.1 Å². The lowest BCUT2D eigenvalue weighted by Crippen LogP contribution is -2.36. The van der Waals surface area contributed by atoms with E-state index in [4.69, 9.17) is 9.26 Å². The molecule has 31 heavy (non-hydrogen) atoms. The third-order valence-electron chi connectivity index (χ3n) is 4.56. The van der Waals surface area contributed by atoms with Gasteiger partial charge in [0.1, 0.15) is 17.3 Å². The highest BCUT2D eigenvalue weighted by Gasteiger charge is 2.13. The highest BCUT2D eigenvalue weighted by molar-refractivity contribution is 14.0. The van der Waals surface area contributed by atoms with E-state index < -0.39 is 0 Å². The van der Waals surface area contributed by atoms with E-state index in [0.717, 1.165) is 35.4 Å². The number of aryl methyl sites for hydroxylation is 2. The number of ether oxygens (including phenoxy) is 1. The van der Waals surface area contributed by atoms with E-state index in [2.05, 4.69) is 32.7 Å². The molecule has 2 heterocycles. The van der Waals surface area contributed by atoms with Crippen LogP contribution < -0.4 is 15.4 Å². The van der Waals surface area contributed by atoms with Crippen LogP contribution in [0.25, 0.3) is 0 Å². The summed E-state index contributed by atoms with van der Waals surface area (Å²) < 4.78 is 24.0. The predicted molar refractivity (Wildman–Crippen MR) is 128 cm³/mol. The third kappa shape index (κ3) is 6.91. The quantitative estimate of drug-likeness (QED) is 0.247. The van der Waals surface area contributed by atoms with Gasteiger partial charge in [-0.25, -0.2) is 9.37 Å². The predicted octanol–water partition coefficient (Wildman–Crippen LogP) is 4.61. The fourth-order valence-corrected chi connectivity index (χ4v) is 2.92. The Bertz CT molecular complexity index is 953. The largest absolute Gasteiger partial charge is 0.439 e. The molecule has 2 N–H and O–H groups in total. The number of hydrogen-bond acceptors (Lipinski definition) is 5. The van der Waals surface area contributed by atoms with Crippen molar-refractivity contribution >= 4 is 29.9 Å². The molecule has 0 spiro atoms. The number of benzene rings is 1. The first-order chi connectivity index (χ1) is 14.6. The van der Waals surface area contributed by atoms with Crippen molar-refractivity contribution in [2.75, 3.05) is 7.05 Å². The van der Waals surface area contributed by atoms with Gasteiger partial charge in [0.25, 0.3) is 0 Å². The molecule has 0 saturated carbocycles. The fourth-order valence-electron chi connectivity index (χ4n) is 2.92. The summed E-state index contributed by atoms with van der Waals surface area (Å²) in [7, 11) is 1.72. The van der Waals surface area contributed by atoms with E-state index in [1.807, 2.05) is 13.0 Å². The highest BCUT2D eigenvalue weighted by Crippen LogP contribution is 2.19. The molecular weight excluding hydrogens is 512 g/mol. The van der Waals surface area contributed by atoms with Crippen LogP contribution in [0.3, 0.4) is 0 Å². The lowest BCUT2D eigenvalue weighted by molar-refractivity contribution is 0.380. The molecule has 0 aliphatic rings. The van der Waals surface area contributed by atoms with Crippen molar-refractivity contribution in [2.24, 2.45) is 4.99 Å². The molecule has 2 aromatic heterocycles. The van der Waals surface area contributed by atoms with Crippen molar-refractivity contribution in [1.82, 2.24) is 20.8 Å². The molecule has 0 aliphatic heterocycles. The van der Waals surface area contributed by atoms with E-state index in [9.17, 15) is 4.39 Å². The number of aliphatic imine (C=N–C) groups is 1. The number of guanidine groups is 1. The first kappa shape index (κ1) is 24.6. The van der Waals surface area contributed by atoms with E-state index in [0.29, 0.717) is 30.7 Å². The molecule has 0 saturated heterocycles. The second-order valence-corrected chi connectivity index (χ2v) is 6.58. The van der Waals surface area contributed by atoms with Crippen molar-refractivity contribution in [3.8, 4) is 11.6 Å². The SMILES string of the molecule is CCc1noc(CC)c1CNC(=NC)NCc1ccc(Oc2ccc(F)cc2)nc1.I. The Morgan fingerprint density at radius 3 is 2.42 bits per heavy atom. The van der Waals surface area contributed by atoms with E-state index in [-0.39, 0.29) is 29.8 Å². The maximum absolute atomic E-state index is 13.0. The van der Waals surface area contributed by atoms with Crippen LogP contribution in [-0.4, -0.2) is 23.1 Å². The van der Waals surface area contributed by atoms with Crippen LogP contribution in [0.15, 0.2) is 52.1 Å². The van der Waals surface area contributed by atoms with Gasteiger partial charge in [-0.3, -0.25) is 4.99 Å². The summed E-state index contributed by atoms with van der Waals surface area (Å²) in [6.07, 6.45) is 3.35. The minimum atomic E-state index is -0.306. The van der Waals surface area contributed by atoms with Gasteiger partial charge < -0.3 is 19.9 Å². The number of aromatic nitrogens is 2. The highest BCUT2D eigenvalue weighted by atomic mass is 127. The maximum Gasteiger partial charge on any atom is 0.219 e. The first-order valence-corrected chi connectivity index (χ1v) is 9.92. The van der Waals surface area contributed by atoms with Gasteiger partial charge in [0.2, 0.25) is 5.88 Å². The van der Waals surface area contributed by atoms with Crippen molar-refractivity contribution < 1.29 is 13.7 Å². The maximum atomic E-state index is 13.0. The van der Waals surface area contributed by atoms with Gasteiger partial charge in [-0.2, -0.15) is 0 Å². The third-order valence-corrected chi connectivity index (χ3v) is 4.56. The number of hydrogen-bond donors (Lipinski definition) is 2. The summed E-state index contributed by atoms with van der Waals surface area (Å²) in [4.78, 5) is 8.56. The molecule has 7 nitrogen and oxygen atoms in total. The van der Waals surface area contributed by atoms with E-state index >= 15 is 0 Å². The summed E-state index contributed by atoms with van der Waals surface area (Å²) in [5, 5.41) is 10.7. The van der Waals surface area contributed by atoms with Crippen LogP contribution in [0.1, 0.15) is 36.4 Å². The van der Waals surface area contributed by atoms with Crippen LogP contribution in [0.2, 0.25) is 0 Å². The second kappa shape index (κ2) is 12.2. The van der Waals surface area contributed by atoms with Crippen molar-refractivity contribution in [1.29, 1.82) is 0 Å². The number of nitrogens with one attached hydrogen (secondary N) is 2. The molecule has 0 bridgehead atoms. The molecule has 0 unspecified atom stereocenters. The molecule has 1 aromatic carbocycles. The standard InChI is InChI=1S/C22H26FN5O2.HI/c1-4-19-18(20(5-2)30-28-19)14-27-22(24-3)26-13-15-6-11-21(25-12-15)29-17-9-7-16(23)8-10-17;/h6-12H,4-5,13-14H2,1-3H3,(H2,24,26,27);1H. The Morgan fingerprint density at radius 2 is 1.81 bits per heavy atom. The lowest BCUT2D eigenvalue weighted by atomic mass is 10.1. The average Bonchev–Trinajstić information content (AvgIpc) is 3.18. The molecule has 0 amide bonds. The Hall–Kier alpha value is -2.69. The number of pyridine rings is 1. The lowest BCUT2D eigenvalue weighted by Gasteiger charge is -2.12. The zero-order valence-electron chi connectivity index (χ0n) is 17.8. The van der Waals surface area contributed by atoms with Crippen molar-refractivity contribution in [3.05, 3.63) is 71.0 Å². The number of halogens is 2. The molecule has 9 heteroatoms. The number of rotatable bonds is 8. The Kier molecular flexibility index (Phi) is 9.70. The second-order valence-electron chi connectivity index (χ2n) is 6.58. The van der Waals surface area contributed by atoms with Crippen LogP contribution in [0, 0.1) is 5.82 Å². The normalized spacial score (nSPS) is 11.0.